The number of amides is 1. The Morgan fingerprint density at radius 2 is 1.96 bits per heavy atom. The van der Waals surface area contributed by atoms with Gasteiger partial charge in [0.15, 0.2) is 11.5 Å². The molecule has 1 amide bonds. The second kappa shape index (κ2) is 6.72. The number of rotatable bonds is 4. The number of carbonyl (C=O) groups excluding carboxylic acids is 1. The number of nitrogens with zero attached hydrogens (tertiary/aromatic N) is 5. The van der Waals surface area contributed by atoms with E-state index in [2.05, 4.69) is 15.5 Å². The predicted molar refractivity (Wildman–Crippen MR) is 84.1 cm³/mol. The van der Waals surface area contributed by atoms with Crippen LogP contribution in [0.2, 0.25) is 0 Å². The van der Waals surface area contributed by atoms with Crippen molar-refractivity contribution in [3.63, 3.8) is 0 Å². The summed E-state index contributed by atoms with van der Waals surface area (Å²) in [6.07, 6.45) is -2.23. The minimum atomic E-state index is -4.58. The van der Waals surface area contributed by atoms with Gasteiger partial charge in [-0.25, -0.2) is 4.68 Å². The van der Waals surface area contributed by atoms with Crippen LogP contribution in [0.3, 0.4) is 0 Å². The minimum Gasteiger partial charge on any atom is -0.308 e. The van der Waals surface area contributed by atoms with Gasteiger partial charge in [0.2, 0.25) is 5.91 Å². The van der Waals surface area contributed by atoms with Crippen LogP contribution in [0.5, 0.6) is 0 Å². The van der Waals surface area contributed by atoms with Crippen LogP contribution >= 0.6 is 0 Å². The molecular weight excluding hydrogens is 349 g/mol. The summed E-state index contributed by atoms with van der Waals surface area (Å²) in [6, 6.07) is 11.5. The molecule has 3 rings (SSSR count). The van der Waals surface area contributed by atoms with Crippen LogP contribution in [-0.2, 0) is 17.5 Å². The smallest absolute Gasteiger partial charge is 0.308 e. The molecular formula is C16H11F3N6O. The van der Waals surface area contributed by atoms with E-state index in [1.165, 1.54) is 10.9 Å². The van der Waals surface area contributed by atoms with E-state index in [1.807, 2.05) is 6.07 Å². The number of anilines is 1. The van der Waals surface area contributed by atoms with E-state index in [-0.39, 0.29) is 11.4 Å². The van der Waals surface area contributed by atoms with Crippen LogP contribution in [0.15, 0.2) is 48.8 Å². The number of para-hydroxylation sites is 1. The van der Waals surface area contributed by atoms with Crippen molar-refractivity contribution in [3.05, 3.63) is 60.0 Å². The fourth-order valence-corrected chi connectivity index (χ4v) is 2.24. The molecule has 0 spiro atoms. The topological polar surface area (TPSA) is 88.5 Å². The molecule has 1 N–H and O–H groups in total. The number of hydrogen-bond acceptors (Lipinski definition) is 4. The predicted octanol–water partition coefficient (Wildman–Crippen LogP) is 2.60. The fraction of sp³-hybridized carbons (Fsp3) is 0.125. The number of benzene rings is 1. The lowest BCUT2D eigenvalue weighted by Gasteiger charge is -2.09. The quantitative estimate of drug-likeness (QED) is 0.775. The lowest BCUT2D eigenvalue weighted by atomic mass is 10.3. The van der Waals surface area contributed by atoms with Gasteiger partial charge < -0.3 is 5.32 Å². The monoisotopic (exact) mass is 360 g/mol. The van der Waals surface area contributed by atoms with Gasteiger partial charge in [-0.15, -0.1) is 0 Å². The highest BCUT2D eigenvalue weighted by molar-refractivity contribution is 5.91. The lowest BCUT2D eigenvalue weighted by Crippen LogP contribution is -2.22. The van der Waals surface area contributed by atoms with Crippen LogP contribution < -0.4 is 5.32 Å². The molecule has 0 atom stereocenters. The molecule has 0 saturated heterocycles. The Morgan fingerprint density at radius 1 is 1.23 bits per heavy atom. The first kappa shape index (κ1) is 17.2. The van der Waals surface area contributed by atoms with Gasteiger partial charge in [0, 0.05) is 6.20 Å². The minimum absolute atomic E-state index is 0.124. The average Bonchev–Trinajstić information content (AvgIpc) is 3.22. The molecule has 0 aliphatic carbocycles. The van der Waals surface area contributed by atoms with Crippen molar-refractivity contribution in [3.8, 4) is 11.8 Å². The normalized spacial score (nSPS) is 11.2. The SMILES string of the molecule is N#Cc1cnn(-c2ccccc2)c1NC(=O)Cn1ccc(C(F)(F)F)n1. The lowest BCUT2D eigenvalue weighted by molar-refractivity contribution is -0.141. The highest BCUT2D eigenvalue weighted by Gasteiger charge is 2.33. The van der Waals surface area contributed by atoms with Gasteiger partial charge in [-0.05, 0) is 18.2 Å². The average molecular weight is 360 g/mol. The third-order valence-electron chi connectivity index (χ3n) is 3.38. The zero-order valence-corrected chi connectivity index (χ0v) is 13.1. The van der Waals surface area contributed by atoms with Crippen molar-refractivity contribution in [2.75, 3.05) is 5.32 Å². The second-order valence-electron chi connectivity index (χ2n) is 5.21. The van der Waals surface area contributed by atoms with Crippen LogP contribution in [0.25, 0.3) is 5.69 Å². The maximum absolute atomic E-state index is 12.6. The molecule has 0 aliphatic heterocycles. The summed E-state index contributed by atoms with van der Waals surface area (Å²) in [5, 5.41) is 19.1. The van der Waals surface area contributed by atoms with Crippen molar-refractivity contribution < 1.29 is 18.0 Å². The van der Waals surface area contributed by atoms with Gasteiger partial charge in [0.25, 0.3) is 0 Å². The van der Waals surface area contributed by atoms with Gasteiger partial charge in [-0.1, -0.05) is 18.2 Å². The molecule has 132 valence electrons. The largest absolute Gasteiger partial charge is 0.435 e. The number of halogens is 3. The molecule has 10 heteroatoms. The summed E-state index contributed by atoms with van der Waals surface area (Å²) < 4.78 is 39.9. The molecule has 0 radical (unpaired) electrons. The van der Waals surface area contributed by atoms with Gasteiger partial charge in [-0.2, -0.15) is 28.6 Å². The van der Waals surface area contributed by atoms with E-state index in [1.54, 1.807) is 30.3 Å². The van der Waals surface area contributed by atoms with E-state index in [0.717, 1.165) is 16.9 Å². The zero-order chi connectivity index (χ0) is 18.7. The summed E-state index contributed by atoms with van der Waals surface area (Å²) in [5.41, 5.74) is -0.348. The molecule has 7 nitrogen and oxygen atoms in total. The molecule has 0 aliphatic rings. The van der Waals surface area contributed by atoms with Crippen LogP contribution in [0, 0.1) is 11.3 Å². The molecule has 3 aromatic rings. The Balaban J connectivity index is 1.81. The number of carbonyl (C=O) groups is 1. The molecule has 26 heavy (non-hydrogen) atoms. The van der Waals surface area contributed by atoms with Gasteiger partial charge in [-0.3, -0.25) is 9.48 Å². The Hall–Kier alpha value is -3.61. The van der Waals surface area contributed by atoms with E-state index in [4.69, 9.17) is 0 Å². The number of alkyl halides is 3. The first-order chi connectivity index (χ1) is 12.4. The molecule has 2 heterocycles. The molecule has 0 saturated carbocycles. The molecule has 0 unspecified atom stereocenters. The molecule has 0 bridgehead atoms. The van der Waals surface area contributed by atoms with Crippen LogP contribution in [-0.4, -0.2) is 25.5 Å². The van der Waals surface area contributed by atoms with Crippen molar-refractivity contribution in [2.45, 2.75) is 12.7 Å². The second-order valence-corrected chi connectivity index (χ2v) is 5.21. The summed E-state index contributed by atoms with van der Waals surface area (Å²) >= 11 is 0. The maximum Gasteiger partial charge on any atom is 0.435 e. The summed E-state index contributed by atoms with van der Waals surface area (Å²) in [7, 11) is 0. The number of hydrogen-bond donors (Lipinski definition) is 1. The highest BCUT2D eigenvalue weighted by Crippen LogP contribution is 2.27. The van der Waals surface area contributed by atoms with Crippen molar-refractivity contribution in [1.82, 2.24) is 19.6 Å². The summed E-state index contributed by atoms with van der Waals surface area (Å²) in [6.45, 7) is -0.444. The van der Waals surface area contributed by atoms with Crippen LogP contribution in [0.4, 0.5) is 19.0 Å². The maximum atomic E-state index is 12.6. The zero-order valence-electron chi connectivity index (χ0n) is 13.1. The molecule has 0 fully saturated rings. The van der Waals surface area contributed by atoms with Crippen molar-refractivity contribution in [2.24, 2.45) is 0 Å². The third kappa shape index (κ3) is 3.56. The standard InChI is InChI=1S/C16H11F3N6O/c17-16(18,19)13-6-7-24(23-13)10-14(26)22-15-11(8-20)9-21-25(15)12-4-2-1-3-5-12/h1-7,9H,10H2,(H,22,26). The van der Waals surface area contributed by atoms with Crippen molar-refractivity contribution in [1.29, 1.82) is 5.26 Å². The van der Waals surface area contributed by atoms with Crippen LogP contribution in [0.1, 0.15) is 11.3 Å². The Kier molecular flexibility index (Phi) is 4.45. The van der Waals surface area contributed by atoms with E-state index in [0.29, 0.717) is 5.69 Å². The highest BCUT2D eigenvalue weighted by atomic mass is 19.4. The Labute approximate surface area is 145 Å². The van der Waals surface area contributed by atoms with Gasteiger partial charge in [0.1, 0.15) is 18.2 Å². The molecule has 1 aromatic carbocycles. The summed E-state index contributed by atoms with van der Waals surface area (Å²) in [5.74, 6) is -0.511. The third-order valence-corrected chi connectivity index (χ3v) is 3.38. The van der Waals surface area contributed by atoms with Gasteiger partial charge in [0.05, 0.1) is 11.9 Å². The van der Waals surface area contributed by atoms with Gasteiger partial charge >= 0.3 is 6.18 Å². The fourth-order valence-electron chi connectivity index (χ4n) is 2.24. The molecule has 2 aromatic heterocycles. The Bertz CT molecular complexity index is 968. The summed E-state index contributed by atoms with van der Waals surface area (Å²) in [4.78, 5) is 12.2. The van der Waals surface area contributed by atoms with Crippen molar-refractivity contribution >= 4 is 11.7 Å². The Morgan fingerprint density at radius 3 is 2.58 bits per heavy atom. The first-order valence-corrected chi connectivity index (χ1v) is 7.32. The number of nitriles is 1. The number of aromatic nitrogens is 4. The van der Waals surface area contributed by atoms with E-state index < -0.39 is 24.3 Å². The van der Waals surface area contributed by atoms with E-state index in [9.17, 15) is 23.2 Å². The number of nitrogens with one attached hydrogen (secondary N) is 1. The first-order valence-electron chi connectivity index (χ1n) is 7.32. The van der Waals surface area contributed by atoms with E-state index >= 15 is 0 Å².